The van der Waals surface area contributed by atoms with Crippen molar-refractivity contribution >= 4 is 6.21 Å². The van der Waals surface area contributed by atoms with E-state index in [0.717, 1.165) is 18.8 Å². The van der Waals surface area contributed by atoms with E-state index < -0.39 is 0 Å². The number of hydrogen-bond acceptors (Lipinski definition) is 3. The molecule has 1 N–H and O–H groups in total. The minimum Gasteiger partial charge on any atom is -0.383 e. The fourth-order valence-corrected chi connectivity index (χ4v) is 0.794. The van der Waals surface area contributed by atoms with Gasteiger partial charge in [-0.2, -0.15) is 0 Å². The van der Waals surface area contributed by atoms with Crippen LogP contribution < -0.4 is 5.32 Å². The third kappa shape index (κ3) is 3.00. The third-order valence-corrected chi connectivity index (χ3v) is 1.28. The Bertz CT molecular complexity index is 177. The lowest BCUT2D eigenvalue weighted by Gasteiger charge is -2.15. The molecule has 3 nitrogen and oxygen atoms in total. The standard InChI is InChI=1S/C8H12N2O/c1-2-3-9-6-8-7-11-5-4-10-8/h2-3,6,10H,1,4-5,7H2/b8-6+,9-3?. The minimum absolute atomic E-state index is 0.633. The van der Waals surface area contributed by atoms with Crippen molar-refractivity contribution in [1.82, 2.24) is 5.32 Å². The van der Waals surface area contributed by atoms with Crippen LogP contribution in [0.2, 0.25) is 0 Å². The highest BCUT2D eigenvalue weighted by molar-refractivity contribution is 5.70. The van der Waals surface area contributed by atoms with Crippen LogP contribution in [0.1, 0.15) is 0 Å². The summed E-state index contributed by atoms with van der Waals surface area (Å²) in [6.45, 7) is 5.80. The van der Waals surface area contributed by atoms with E-state index in [0.29, 0.717) is 6.61 Å². The quantitative estimate of drug-likeness (QED) is 0.591. The minimum atomic E-state index is 0.633. The van der Waals surface area contributed by atoms with Gasteiger partial charge in [0.2, 0.25) is 0 Å². The summed E-state index contributed by atoms with van der Waals surface area (Å²) < 4.78 is 5.18. The Labute approximate surface area is 66.5 Å². The van der Waals surface area contributed by atoms with E-state index in [1.807, 2.05) is 0 Å². The van der Waals surface area contributed by atoms with Crippen molar-refractivity contribution in [3.8, 4) is 0 Å². The maximum absolute atomic E-state index is 5.18. The van der Waals surface area contributed by atoms with E-state index in [2.05, 4.69) is 16.9 Å². The van der Waals surface area contributed by atoms with Crippen molar-refractivity contribution in [2.45, 2.75) is 0 Å². The Kier molecular flexibility index (Phi) is 3.41. The lowest BCUT2D eigenvalue weighted by atomic mass is 10.4. The zero-order valence-corrected chi connectivity index (χ0v) is 6.42. The summed E-state index contributed by atoms with van der Waals surface area (Å²) in [7, 11) is 0. The van der Waals surface area contributed by atoms with E-state index in [4.69, 9.17) is 4.74 Å². The molecule has 0 radical (unpaired) electrons. The highest BCUT2D eigenvalue weighted by Crippen LogP contribution is 1.95. The molecule has 60 valence electrons. The van der Waals surface area contributed by atoms with Gasteiger partial charge in [-0.05, 0) is 0 Å². The van der Waals surface area contributed by atoms with Crippen LogP contribution in [-0.4, -0.2) is 26.0 Å². The molecule has 0 aromatic heterocycles. The highest BCUT2D eigenvalue weighted by Gasteiger charge is 2.01. The van der Waals surface area contributed by atoms with Crippen molar-refractivity contribution in [2.24, 2.45) is 4.99 Å². The van der Waals surface area contributed by atoms with Gasteiger partial charge in [-0.1, -0.05) is 12.7 Å². The molecule has 1 aliphatic rings. The fourth-order valence-electron chi connectivity index (χ4n) is 0.794. The number of ether oxygens (including phenoxy) is 1. The van der Waals surface area contributed by atoms with Gasteiger partial charge in [0.1, 0.15) is 0 Å². The molecule has 0 amide bonds. The van der Waals surface area contributed by atoms with Gasteiger partial charge in [-0.15, -0.1) is 0 Å². The molecule has 1 heterocycles. The first-order valence-electron chi connectivity index (χ1n) is 3.58. The molecule has 0 aliphatic carbocycles. The van der Waals surface area contributed by atoms with E-state index in [1.54, 1.807) is 18.5 Å². The number of nitrogens with zero attached hydrogens (tertiary/aromatic N) is 1. The number of rotatable bonds is 2. The van der Waals surface area contributed by atoms with Crippen LogP contribution in [0.25, 0.3) is 0 Å². The van der Waals surface area contributed by atoms with Gasteiger partial charge >= 0.3 is 0 Å². The SMILES string of the molecule is C=CC=N/C=C1\COCCN1. The Morgan fingerprint density at radius 3 is 3.18 bits per heavy atom. The zero-order valence-electron chi connectivity index (χ0n) is 6.42. The number of nitrogens with one attached hydrogen (secondary N) is 1. The number of hydrogen-bond donors (Lipinski definition) is 1. The highest BCUT2D eigenvalue weighted by atomic mass is 16.5. The van der Waals surface area contributed by atoms with Gasteiger partial charge in [0.15, 0.2) is 0 Å². The molecule has 0 bridgehead atoms. The molecule has 0 aromatic carbocycles. The first-order chi connectivity index (χ1) is 5.43. The fraction of sp³-hybridized carbons (Fsp3) is 0.375. The molecule has 0 spiro atoms. The Hall–Kier alpha value is -1.09. The van der Waals surface area contributed by atoms with Gasteiger partial charge in [0, 0.05) is 19.0 Å². The number of morpholine rings is 1. The molecule has 0 atom stereocenters. The first-order valence-corrected chi connectivity index (χ1v) is 3.58. The van der Waals surface area contributed by atoms with Crippen LogP contribution in [0.4, 0.5) is 0 Å². The predicted octanol–water partition coefficient (Wildman–Crippen LogP) is 0.704. The molecule has 1 fully saturated rings. The largest absolute Gasteiger partial charge is 0.383 e. The van der Waals surface area contributed by atoms with Crippen molar-refractivity contribution in [2.75, 3.05) is 19.8 Å². The van der Waals surface area contributed by atoms with E-state index >= 15 is 0 Å². The Morgan fingerprint density at radius 2 is 2.55 bits per heavy atom. The summed E-state index contributed by atoms with van der Waals surface area (Å²) in [6.07, 6.45) is 5.03. The average Bonchev–Trinajstić information content (AvgIpc) is 2.07. The van der Waals surface area contributed by atoms with Crippen molar-refractivity contribution in [1.29, 1.82) is 0 Å². The van der Waals surface area contributed by atoms with Gasteiger partial charge in [0.05, 0.1) is 18.9 Å². The molecule has 1 saturated heterocycles. The number of allylic oxidation sites excluding steroid dienone is 1. The maximum Gasteiger partial charge on any atom is 0.0878 e. The summed E-state index contributed by atoms with van der Waals surface area (Å²) in [6, 6.07) is 0. The summed E-state index contributed by atoms with van der Waals surface area (Å²) >= 11 is 0. The monoisotopic (exact) mass is 152 g/mol. The molecule has 0 aromatic rings. The zero-order chi connectivity index (χ0) is 7.94. The van der Waals surface area contributed by atoms with Crippen LogP contribution in [0.3, 0.4) is 0 Å². The van der Waals surface area contributed by atoms with Crippen LogP contribution in [-0.2, 0) is 4.74 Å². The topological polar surface area (TPSA) is 33.6 Å². The molecule has 1 aliphatic heterocycles. The average molecular weight is 152 g/mol. The molecule has 11 heavy (non-hydrogen) atoms. The van der Waals surface area contributed by atoms with Gasteiger partial charge in [-0.3, -0.25) is 4.99 Å². The molecule has 3 heteroatoms. The second-order valence-corrected chi connectivity index (χ2v) is 2.17. The maximum atomic E-state index is 5.18. The van der Waals surface area contributed by atoms with E-state index in [9.17, 15) is 0 Å². The smallest absolute Gasteiger partial charge is 0.0878 e. The Morgan fingerprint density at radius 1 is 1.64 bits per heavy atom. The molecule has 0 saturated carbocycles. The lowest BCUT2D eigenvalue weighted by molar-refractivity contribution is 0.132. The lowest BCUT2D eigenvalue weighted by Crippen LogP contribution is -2.28. The number of aliphatic imine (C=N–C) groups is 1. The molecule has 1 rings (SSSR count). The summed E-state index contributed by atoms with van der Waals surface area (Å²) in [5.41, 5.74) is 1.02. The summed E-state index contributed by atoms with van der Waals surface area (Å²) in [4.78, 5) is 3.97. The second-order valence-electron chi connectivity index (χ2n) is 2.17. The van der Waals surface area contributed by atoms with Crippen molar-refractivity contribution in [3.63, 3.8) is 0 Å². The normalized spacial score (nSPS) is 22.0. The third-order valence-electron chi connectivity index (χ3n) is 1.28. The second kappa shape index (κ2) is 4.68. The van der Waals surface area contributed by atoms with Crippen molar-refractivity contribution in [3.05, 3.63) is 24.6 Å². The van der Waals surface area contributed by atoms with Crippen LogP contribution in [0.5, 0.6) is 0 Å². The van der Waals surface area contributed by atoms with E-state index in [-0.39, 0.29) is 0 Å². The van der Waals surface area contributed by atoms with Crippen LogP contribution in [0, 0.1) is 0 Å². The van der Waals surface area contributed by atoms with Crippen LogP contribution in [0.15, 0.2) is 29.5 Å². The van der Waals surface area contributed by atoms with E-state index in [1.165, 1.54) is 0 Å². The summed E-state index contributed by atoms with van der Waals surface area (Å²) in [5.74, 6) is 0. The summed E-state index contributed by atoms with van der Waals surface area (Å²) in [5, 5.41) is 3.17. The van der Waals surface area contributed by atoms with Gasteiger partial charge in [-0.25, -0.2) is 0 Å². The molecular formula is C8H12N2O. The van der Waals surface area contributed by atoms with Crippen LogP contribution >= 0.6 is 0 Å². The molecule has 0 unspecified atom stereocenters. The van der Waals surface area contributed by atoms with Crippen molar-refractivity contribution < 1.29 is 4.74 Å². The first kappa shape index (κ1) is 8.01. The molecular weight excluding hydrogens is 140 g/mol. The van der Waals surface area contributed by atoms with Gasteiger partial charge in [0.25, 0.3) is 0 Å². The Balaban J connectivity index is 2.37. The predicted molar refractivity (Wildman–Crippen MR) is 45.6 cm³/mol. The van der Waals surface area contributed by atoms with Gasteiger partial charge < -0.3 is 10.1 Å².